The zero-order valence-electron chi connectivity index (χ0n) is 10.4. The number of aliphatic hydroxyl groups is 1. The molecule has 1 heterocycles. The van der Waals surface area contributed by atoms with Gasteiger partial charge in [0.25, 0.3) is 0 Å². The molecule has 2 atom stereocenters. The maximum Gasteiger partial charge on any atom is 0.410 e. The number of carbonyl (C=O) groups is 1. The van der Waals surface area contributed by atoms with E-state index in [0.29, 0.717) is 13.2 Å². The third-order valence-electron chi connectivity index (χ3n) is 2.34. The monoisotopic (exact) mass is 231 g/mol. The molecule has 1 rings (SSSR count). The van der Waals surface area contributed by atoms with Gasteiger partial charge in [-0.3, -0.25) is 0 Å². The lowest BCUT2D eigenvalue weighted by atomic mass is 10.2. The van der Waals surface area contributed by atoms with Gasteiger partial charge in [0.1, 0.15) is 5.60 Å². The zero-order chi connectivity index (χ0) is 12.3. The van der Waals surface area contributed by atoms with Gasteiger partial charge in [0.05, 0.1) is 31.9 Å². The summed E-state index contributed by atoms with van der Waals surface area (Å²) in [6.07, 6.45) is -0.648. The van der Waals surface area contributed by atoms with E-state index in [9.17, 15) is 4.79 Å². The van der Waals surface area contributed by atoms with Gasteiger partial charge in [-0.1, -0.05) is 0 Å². The van der Waals surface area contributed by atoms with Gasteiger partial charge in [0.2, 0.25) is 0 Å². The highest BCUT2D eigenvalue weighted by Gasteiger charge is 2.32. The predicted octanol–water partition coefficient (Wildman–Crippen LogP) is 1.00. The number of hydrogen-bond donors (Lipinski definition) is 1. The Bertz CT molecular complexity index is 249. The summed E-state index contributed by atoms with van der Waals surface area (Å²) in [6.45, 7) is 8.14. The number of morpholine rings is 1. The summed E-state index contributed by atoms with van der Waals surface area (Å²) in [5.41, 5.74) is -0.496. The molecule has 16 heavy (non-hydrogen) atoms. The Kier molecular flexibility index (Phi) is 4.15. The highest BCUT2D eigenvalue weighted by atomic mass is 16.6. The van der Waals surface area contributed by atoms with Crippen LogP contribution in [0, 0.1) is 0 Å². The SMILES string of the molecule is C[C@@H]1COC(CO)CN1C(=O)OC(C)(C)C. The molecule has 0 aromatic rings. The molecule has 0 saturated carbocycles. The fourth-order valence-corrected chi connectivity index (χ4v) is 1.50. The van der Waals surface area contributed by atoms with E-state index in [-0.39, 0.29) is 24.8 Å². The lowest BCUT2D eigenvalue weighted by molar-refractivity contribution is -0.0806. The van der Waals surface area contributed by atoms with Crippen LogP contribution in [-0.4, -0.2) is 53.6 Å². The minimum atomic E-state index is -0.496. The van der Waals surface area contributed by atoms with Crippen LogP contribution in [0.2, 0.25) is 0 Å². The van der Waals surface area contributed by atoms with Crippen molar-refractivity contribution in [1.29, 1.82) is 0 Å². The second-order valence-electron chi connectivity index (χ2n) is 5.12. The lowest BCUT2D eigenvalue weighted by Crippen LogP contribution is -2.53. The van der Waals surface area contributed by atoms with Crippen molar-refractivity contribution in [2.75, 3.05) is 19.8 Å². The Hall–Kier alpha value is -0.810. The first kappa shape index (κ1) is 13.3. The van der Waals surface area contributed by atoms with Crippen molar-refractivity contribution < 1.29 is 19.4 Å². The van der Waals surface area contributed by atoms with Crippen LogP contribution in [0.25, 0.3) is 0 Å². The second-order valence-corrected chi connectivity index (χ2v) is 5.12. The molecule has 5 heteroatoms. The van der Waals surface area contributed by atoms with Crippen LogP contribution >= 0.6 is 0 Å². The summed E-state index contributed by atoms with van der Waals surface area (Å²) in [6, 6.07) is -0.0161. The van der Waals surface area contributed by atoms with Gasteiger partial charge in [-0.25, -0.2) is 4.79 Å². The molecule has 1 amide bonds. The summed E-state index contributed by atoms with van der Waals surface area (Å²) in [4.78, 5) is 13.5. The first-order chi connectivity index (χ1) is 7.33. The van der Waals surface area contributed by atoms with Crippen molar-refractivity contribution in [3.8, 4) is 0 Å². The normalized spacial score (nSPS) is 26.7. The molecule has 0 spiro atoms. The van der Waals surface area contributed by atoms with E-state index < -0.39 is 5.60 Å². The summed E-state index contributed by atoms with van der Waals surface area (Å²) in [5, 5.41) is 9.01. The van der Waals surface area contributed by atoms with E-state index in [1.807, 2.05) is 27.7 Å². The highest BCUT2D eigenvalue weighted by Crippen LogP contribution is 2.16. The lowest BCUT2D eigenvalue weighted by Gasteiger charge is -2.38. The molecular weight excluding hydrogens is 210 g/mol. The molecule has 0 radical (unpaired) electrons. The molecular formula is C11H21NO4. The second kappa shape index (κ2) is 5.01. The molecule has 0 aromatic carbocycles. The van der Waals surface area contributed by atoms with Gasteiger partial charge < -0.3 is 19.5 Å². The Balaban J connectivity index is 2.59. The molecule has 94 valence electrons. The molecule has 1 N–H and O–H groups in total. The van der Waals surface area contributed by atoms with Gasteiger partial charge in [0.15, 0.2) is 0 Å². The topological polar surface area (TPSA) is 59.0 Å². The number of aliphatic hydroxyl groups excluding tert-OH is 1. The molecule has 1 aliphatic rings. The molecule has 1 fully saturated rings. The smallest absolute Gasteiger partial charge is 0.410 e. The summed E-state index contributed by atoms with van der Waals surface area (Å²) in [7, 11) is 0. The molecule has 1 aliphatic heterocycles. The van der Waals surface area contributed by atoms with Crippen LogP contribution in [0.1, 0.15) is 27.7 Å². The highest BCUT2D eigenvalue weighted by molar-refractivity contribution is 5.68. The fraction of sp³-hybridized carbons (Fsp3) is 0.909. The van der Waals surface area contributed by atoms with Crippen LogP contribution in [0.15, 0.2) is 0 Å². The van der Waals surface area contributed by atoms with Crippen LogP contribution in [0.3, 0.4) is 0 Å². The maximum atomic E-state index is 11.9. The number of ether oxygens (including phenoxy) is 2. The van der Waals surface area contributed by atoms with Crippen molar-refractivity contribution in [3.05, 3.63) is 0 Å². The van der Waals surface area contributed by atoms with E-state index in [2.05, 4.69) is 0 Å². The number of rotatable bonds is 1. The Labute approximate surface area is 96.3 Å². The van der Waals surface area contributed by atoms with Gasteiger partial charge >= 0.3 is 6.09 Å². The standard InChI is InChI=1S/C11H21NO4/c1-8-7-15-9(6-13)5-12(8)10(14)16-11(2,3)4/h8-9,13H,5-7H2,1-4H3/t8-,9?/m1/s1. The van der Waals surface area contributed by atoms with E-state index in [1.54, 1.807) is 4.90 Å². The van der Waals surface area contributed by atoms with Gasteiger partial charge in [-0.15, -0.1) is 0 Å². The third kappa shape index (κ3) is 3.64. The van der Waals surface area contributed by atoms with Crippen LogP contribution in [0.5, 0.6) is 0 Å². The molecule has 0 aromatic heterocycles. The van der Waals surface area contributed by atoms with Crippen LogP contribution < -0.4 is 0 Å². The van der Waals surface area contributed by atoms with Crippen molar-refractivity contribution in [1.82, 2.24) is 4.90 Å². The van der Waals surface area contributed by atoms with E-state index in [4.69, 9.17) is 14.6 Å². The van der Waals surface area contributed by atoms with E-state index >= 15 is 0 Å². The average molecular weight is 231 g/mol. The molecule has 1 unspecified atom stereocenters. The fourth-order valence-electron chi connectivity index (χ4n) is 1.50. The van der Waals surface area contributed by atoms with E-state index in [1.165, 1.54) is 0 Å². The number of nitrogens with zero attached hydrogens (tertiary/aromatic N) is 1. The van der Waals surface area contributed by atoms with Crippen molar-refractivity contribution in [2.24, 2.45) is 0 Å². The Morgan fingerprint density at radius 1 is 1.56 bits per heavy atom. The number of hydrogen-bond acceptors (Lipinski definition) is 4. The Morgan fingerprint density at radius 2 is 2.19 bits per heavy atom. The molecule has 0 bridgehead atoms. The van der Waals surface area contributed by atoms with Crippen molar-refractivity contribution >= 4 is 6.09 Å². The zero-order valence-corrected chi connectivity index (χ0v) is 10.4. The molecule has 5 nitrogen and oxygen atoms in total. The first-order valence-corrected chi connectivity index (χ1v) is 5.55. The summed E-state index contributed by atoms with van der Waals surface area (Å²) >= 11 is 0. The van der Waals surface area contributed by atoms with E-state index in [0.717, 1.165) is 0 Å². The quantitative estimate of drug-likeness (QED) is 0.731. The van der Waals surface area contributed by atoms with Crippen LogP contribution in [-0.2, 0) is 9.47 Å². The minimum Gasteiger partial charge on any atom is -0.444 e. The van der Waals surface area contributed by atoms with Crippen molar-refractivity contribution in [2.45, 2.75) is 45.4 Å². The number of carbonyl (C=O) groups excluding carboxylic acids is 1. The van der Waals surface area contributed by atoms with Crippen LogP contribution in [0.4, 0.5) is 4.79 Å². The Morgan fingerprint density at radius 3 is 2.69 bits per heavy atom. The third-order valence-corrected chi connectivity index (χ3v) is 2.34. The predicted molar refractivity (Wildman–Crippen MR) is 59.2 cm³/mol. The molecule has 0 aliphatic carbocycles. The maximum absolute atomic E-state index is 11.9. The minimum absolute atomic E-state index is 0.0161. The van der Waals surface area contributed by atoms with Crippen molar-refractivity contribution in [3.63, 3.8) is 0 Å². The summed E-state index contributed by atoms with van der Waals surface area (Å²) < 4.78 is 10.6. The largest absolute Gasteiger partial charge is 0.444 e. The molecule has 1 saturated heterocycles. The first-order valence-electron chi connectivity index (χ1n) is 5.55. The van der Waals surface area contributed by atoms with Gasteiger partial charge in [0, 0.05) is 0 Å². The number of amides is 1. The van der Waals surface area contributed by atoms with Gasteiger partial charge in [-0.05, 0) is 27.7 Å². The average Bonchev–Trinajstić information content (AvgIpc) is 2.15. The summed E-state index contributed by atoms with van der Waals surface area (Å²) in [5.74, 6) is 0. The van der Waals surface area contributed by atoms with Gasteiger partial charge in [-0.2, -0.15) is 0 Å².